The number of anilines is 2. The Labute approximate surface area is 331 Å². The number of piperazine rings is 1. The number of allylic oxidation sites excluding steroid dienone is 1. The fourth-order valence-corrected chi connectivity index (χ4v) is 10.6. The number of carbonyl (C=O) groups excluding carboxylic acids is 1. The Morgan fingerprint density at radius 1 is 1.00 bits per heavy atom. The molecule has 3 aromatic rings. The van der Waals surface area contributed by atoms with Gasteiger partial charge in [-0.3, -0.25) is 9.69 Å². The molecule has 0 radical (unpaired) electrons. The van der Waals surface area contributed by atoms with Crippen LogP contribution in [0.4, 0.5) is 11.4 Å². The van der Waals surface area contributed by atoms with Crippen LogP contribution in [-0.4, -0.2) is 93.0 Å². The number of aryl methyl sites for hydroxylation is 1. The minimum absolute atomic E-state index is 0.130. The fourth-order valence-electron chi connectivity index (χ4n) is 9.08. The van der Waals surface area contributed by atoms with Crippen molar-refractivity contribution in [3.8, 4) is 5.75 Å². The van der Waals surface area contributed by atoms with Crippen molar-refractivity contribution in [3.63, 3.8) is 0 Å². The molecular weight excluding hydrogens is 736 g/mol. The molecule has 4 aliphatic rings. The van der Waals surface area contributed by atoms with E-state index in [0.29, 0.717) is 23.8 Å². The number of amides is 1. The van der Waals surface area contributed by atoms with Crippen LogP contribution in [0.1, 0.15) is 74.4 Å². The molecule has 1 aromatic heterocycles. The van der Waals surface area contributed by atoms with Gasteiger partial charge in [0.05, 0.1) is 29.0 Å². The quantitative estimate of drug-likeness (QED) is 0.293. The second-order valence-electron chi connectivity index (χ2n) is 16.3. The number of ether oxygens (including phenoxy) is 2. The Morgan fingerprint density at radius 3 is 2.51 bits per heavy atom. The summed E-state index contributed by atoms with van der Waals surface area (Å²) in [5, 5.41) is -0.0926. The SMILES string of the molecule is CO[C@@]1(CN2CCN(c3cncnc3)CC2)/C=C/C[C@H](C)[C@@H](C)S(=O)(=O)NC(=O)c2ccc3c(c2)N(CCCCc2cc(Cl)ccc2CO3)CC2(C)CC[C@H]21. The van der Waals surface area contributed by atoms with E-state index in [0.717, 1.165) is 94.9 Å². The molecule has 296 valence electrons. The number of sulfonamides is 1. The number of hydrogen-bond donors (Lipinski definition) is 1. The summed E-state index contributed by atoms with van der Waals surface area (Å²) in [6.07, 6.45) is 15.0. The predicted octanol–water partition coefficient (Wildman–Crippen LogP) is 6.52. The molecule has 5 atom stereocenters. The van der Waals surface area contributed by atoms with Crippen molar-refractivity contribution in [2.24, 2.45) is 17.3 Å². The van der Waals surface area contributed by atoms with Gasteiger partial charge in [-0.05, 0) is 104 Å². The van der Waals surface area contributed by atoms with E-state index in [4.69, 9.17) is 21.1 Å². The van der Waals surface area contributed by atoms with E-state index in [9.17, 15) is 13.2 Å². The van der Waals surface area contributed by atoms with E-state index in [1.54, 1.807) is 19.3 Å². The number of carbonyl (C=O) groups is 1. The Hall–Kier alpha value is -3.71. The Kier molecular flexibility index (Phi) is 11.8. The zero-order chi connectivity index (χ0) is 38.8. The first-order valence-electron chi connectivity index (χ1n) is 19.7. The summed E-state index contributed by atoms with van der Waals surface area (Å²) in [6.45, 7) is 12.0. The van der Waals surface area contributed by atoms with Gasteiger partial charge in [0.15, 0.2) is 0 Å². The maximum atomic E-state index is 13.7. The highest BCUT2D eigenvalue weighted by Crippen LogP contribution is 2.55. The van der Waals surface area contributed by atoms with Crippen LogP contribution in [0.15, 0.2) is 67.3 Å². The van der Waals surface area contributed by atoms with Crippen molar-refractivity contribution in [3.05, 3.63) is 89.0 Å². The van der Waals surface area contributed by atoms with Gasteiger partial charge in [-0.1, -0.05) is 43.7 Å². The highest BCUT2D eigenvalue weighted by molar-refractivity contribution is 7.90. The molecule has 2 bridgehead atoms. The molecule has 1 N–H and O–H groups in total. The van der Waals surface area contributed by atoms with Crippen LogP contribution in [0.5, 0.6) is 5.75 Å². The normalized spacial score (nSPS) is 29.7. The van der Waals surface area contributed by atoms with E-state index >= 15 is 0 Å². The van der Waals surface area contributed by atoms with Crippen LogP contribution in [0.2, 0.25) is 5.02 Å². The number of fused-ring (bicyclic) bond motifs is 3. The van der Waals surface area contributed by atoms with Gasteiger partial charge in [0.25, 0.3) is 5.91 Å². The number of benzene rings is 2. The molecule has 55 heavy (non-hydrogen) atoms. The molecule has 1 amide bonds. The van der Waals surface area contributed by atoms with E-state index in [1.807, 2.05) is 56.8 Å². The summed E-state index contributed by atoms with van der Waals surface area (Å²) < 4.78 is 43.0. The van der Waals surface area contributed by atoms with Crippen LogP contribution in [0.3, 0.4) is 0 Å². The molecule has 1 saturated heterocycles. The smallest absolute Gasteiger partial charge is 0.264 e. The zero-order valence-corrected chi connectivity index (χ0v) is 34.1. The number of methoxy groups -OCH3 is 1. The van der Waals surface area contributed by atoms with Crippen molar-refractivity contribution < 1.29 is 22.7 Å². The predicted molar refractivity (Wildman–Crippen MR) is 217 cm³/mol. The number of nitrogens with one attached hydrogen (secondary N) is 1. The standard InChI is InChI=1S/C42H55ClN6O5S/c1-30-8-7-15-42(53-4,28-47-18-20-48(21-19-47)36-24-44-29-45-25-36)39-14-16-41(39,3)27-49-17-6-5-9-32-22-35(43)12-10-34(32)26-54-38-13-11-33(23-37(38)49)40(50)46-55(51,52)31(30)2/h7,10-13,15,22-25,29-31,39H,5-6,8-9,14,16-21,26-28H2,1-4H3,(H,46,50)/b15-7+/t30-,31+,39+,41?,42+/m0/s1. The van der Waals surface area contributed by atoms with Crippen LogP contribution in [-0.2, 0) is 27.8 Å². The molecule has 7 rings (SSSR count). The Balaban J connectivity index is 1.25. The lowest BCUT2D eigenvalue weighted by Gasteiger charge is -2.58. The molecule has 0 spiro atoms. The van der Waals surface area contributed by atoms with E-state index in [-0.39, 0.29) is 22.8 Å². The third kappa shape index (κ3) is 8.52. The van der Waals surface area contributed by atoms with Crippen LogP contribution >= 0.6 is 11.6 Å². The van der Waals surface area contributed by atoms with E-state index in [2.05, 4.69) is 48.5 Å². The zero-order valence-electron chi connectivity index (χ0n) is 32.5. The number of nitrogens with zero attached hydrogens (tertiary/aromatic N) is 5. The number of rotatable bonds is 4. The lowest BCUT2D eigenvalue weighted by molar-refractivity contribution is -0.127. The minimum Gasteiger partial charge on any atom is -0.487 e. The summed E-state index contributed by atoms with van der Waals surface area (Å²) in [4.78, 5) is 29.3. The summed E-state index contributed by atoms with van der Waals surface area (Å²) in [5.41, 5.74) is 3.64. The van der Waals surface area contributed by atoms with Crippen LogP contribution in [0.25, 0.3) is 0 Å². The molecule has 4 heterocycles. The highest BCUT2D eigenvalue weighted by atomic mass is 35.5. The maximum Gasteiger partial charge on any atom is 0.264 e. The molecule has 3 aliphatic heterocycles. The van der Waals surface area contributed by atoms with Gasteiger partial charge in [0.1, 0.15) is 24.3 Å². The van der Waals surface area contributed by atoms with Gasteiger partial charge >= 0.3 is 0 Å². The first-order chi connectivity index (χ1) is 26.4. The van der Waals surface area contributed by atoms with Crippen molar-refractivity contribution in [2.75, 3.05) is 62.7 Å². The van der Waals surface area contributed by atoms with Gasteiger partial charge in [-0.2, -0.15) is 0 Å². The largest absolute Gasteiger partial charge is 0.487 e. The Morgan fingerprint density at radius 2 is 1.78 bits per heavy atom. The van der Waals surface area contributed by atoms with E-state index in [1.165, 1.54) is 5.56 Å². The second-order valence-corrected chi connectivity index (χ2v) is 18.8. The third-order valence-corrected chi connectivity index (χ3v) is 14.9. The number of hydrogen-bond acceptors (Lipinski definition) is 10. The fraction of sp³-hybridized carbons (Fsp3) is 0.548. The first kappa shape index (κ1) is 39.5. The molecule has 1 unspecified atom stereocenters. The Bertz CT molecular complexity index is 1980. The van der Waals surface area contributed by atoms with Crippen LogP contribution < -0.4 is 19.3 Å². The molecule has 2 aromatic carbocycles. The average molecular weight is 791 g/mol. The molecule has 2 fully saturated rings. The minimum atomic E-state index is -3.98. The molecule has 11 nitrogen and oxygen atoms in total. The van der Waals surface area contributed by atoms with Gasteiger partial charge in [0, 0.05) is 63.5 Å². The maximum absolute atomic E-state index is 13.7. The van der Waals surface area contributed by atoms with Crippen molar-refractivity contribution in [1.29, 1.82) is 0 Å². The summed E-state index contributed by atoms with van der Waals surface area (Å²) >= 11 is 6.42. The van der Waals surface area contributed by atoms with Gasteiger partial charge in [-0.15, -0.1) is 0 Å². The molecule has 1 aliphatic carbocycles. The van der Waals surface area contributed by atoms with Gasteiger partial charge < -0.3 is 19.3 Å². The van der Waals surface area contributed by atoms with Crippen molar-refractivity contribution in [2.45, 2.75) is 76.8 Å². The second kappa shape index (κ2) is 16.4. The lowest BCUT2D eigenvalue weighted by Crippen LogP contribution is -2.62. The summed E-state index contributed by atoms with van der Waals surface area (Å²) in [5.74, 6) is -0.0387. The number of halogens is 1. The topological polar surface area (TPSA) is 117 Å². The van der Waals surface area contributed by atoms with Crippen LogP contribution in [0, 0.1) is 17.3 Å². The molecule has 13 heteroatoms. The van der Waals surface area contributed by atoms with Crippen molar-refractivity contribution in [1.82, 2.24) is 19.6 Å². The lowest BCUT2D eigenvalue weighted by atomic mass is 9.54. The monoisotopic (exact) mass is 790 g/mol. The van der Waals surface area contributed by atoms with Gasteiger partial charge in [0.2, 0.25) is 10.0 Å². The highest BCUT2D eigenvalue weighted by Gasteiger charge is 2.55. The average Bonchev–Trinajstić information content (AvgIpc) is 3.20. The summed E-state index contributed by atoms with van der Waals surface area (Å²) in [7, 11) is -2.15. The van der Waals surface area contributed by atoms with Crippen molar-refractivity contribution >= 4 is 38.9 Å². The van der Waals surface area contributed by atoms with E-state index < -0.39 is 26.8 Å². The molecular formula is C42H55ClN6O5S. The third-order valence-electron chi connectivity index (χ3n) is 12.8. The first-order valence-corrected chi connectivity index (χ1v) is 21.6. The molecule has 1 saturated carbocycles. The number of aromatic nitrogens is 2. The van der Waals surface area contributed by atoms with Gasteiger partial charge in [-0.25, -0.2) is 23.1 Å². The summed E-state index contributed by atoms with van der Waals surface area (Å²) in [6, 6.07) is 11.3.